The summed E-state index contributed by atoms with van der Waals surface area (Å²) in [5, 5.41) is 0. The largest absolute Gasteiger partial charge is 0.449 e. The number of hydrogen-bond donors (Lipinski definition) is 0. The molecule has 0 rings (SSSR count). The first-order chi connectivity index (χ1) is 6.22. The van der Waals surface area contributed by atoms with Crippen LogP contribution in [-0.2, 0) is 4.12 Å². The molecule has 0 N–H and O–H groups in total. The van der Waals surface area contributed by atoms with Gasteiger partial charge in [0.25, 0.3) is 0 Å². The fourth-order valence-electron chi connectivity index (χ4n) is 1.44. The summed E-state index contributed by atoms with van der Waals surface area (Å²) in [7, 11) is -3.23. The van der Waals surface area contributed by atoms with Gasteiger partial charge in [-0.1, -0.05) is 23.9 Å². The summed E-state index contributed by atoms with van der Waals surface area (Å²) in [6.45, 7) is 17.1. The normalized spacial score (nSPS) is 14.3. The molecule has 0 saturated carbocycles. The van der Waals surface area contributed by atoms with Crippen LogP contribution in [0, 0.1) is 0 Å². The van der Waals surface area contributed by atoms with E-state index < -0.39 is 16.6 Å². The first-order valence-electron chi connectivity index (χ1n) is 5.24. The van der Waals surface area contributed by atoms with Crippen molar-refractivity contribution in [2.45, 2.75) is 46.5 Å². The van der Waals surface area contributed by atoms with Crippen molar-refractivity contribution in [2.24, 2.45) is 0 Å². The van der Waals surface area contributed by atoms with Crippen molar-refractivity contribution in [3.8, 4) is 0 Å². The second-order valence-corrected chi connectivity index (χ2v) is 12.8. The zero-order chi connectivity index (χ0) is 11.4. The molecule has 0 amide bonds. The highest BCUT2D eigenvalue weighted by atomic mass is 28.4. The Balaban J connectivity index is 4.57. The zero-order valence-corrected chi connectivity index (χ0v) is 12.5. The molecule has 0 aromatic heterocycles. The maximum absolute atomic E-state index is 6.23. The molecule has 0 aromatic rings. The Labute approximate surface area is 91.1 Å². The monoisotopic (exact) mass is 228 g/mol. The topological polar surface area (TPSA) is 9.23 Å². The third-order valence-electron chi connectivity index (χ3n) is 2.17. The fraction of sp³-hybridized carbons (Fsp3) is 0.636. The molecule has 1 nitrogen and oxygen atoms in total. The van der Waals surface area contributed by atoms with Gasteiger partial charge < -0.3 is 4.12 Å². The highest BCUT2D eigenvalue weighted by molar-refractivity contribution is 6.89. The molecule has 0 spiro atoms. The van der Waals surface area contributed by atoms with Crippen molar-refractivity contribution in [2.75, 3.05) is 0 Å². The number of rotatable bonds is 5. The zero-order valence-electron chi connectivity index (χ0n) is 10.5. The Morgan fingerprint density at radius 2 is 1.71 bits per heavy atom. The lowest BCUT2D eigenvalue weighted by atomic mass is 10.3. The first kappa shape index (κ1) is 13.9. The van der Waals surface area contributed by atoms with Crippen LogP contribution in [0.3, 0.4) is 0 Å². The van der Waals surface area contributed by atoms with Crippen LogP contribution in [-0.4, -0.2) is 16.6 Å². The van der Waals surface area contributed by atoms with Gasteiger partial charge in [-0.2, -0.15) is 0 Å². The average Bonchev–Trinajstić information content (AvgIpc) is 2.01. The minimum absolute atomic E-state index is 1.12. The smallest absolute Gasteiger partial charge is 0.198 e. The second-order valence-electron chi connectivity index (χ2n) is 4.86. The maximum atomic E-state index is 6.23. The van der Waals surface area contributed by atoms with E-state index in [1.807, 2.05) is 5.70 Å². The molecule has 0 unspecified atom stereocenters. The molecular weight excluding hydrogens is 204 g/mol. The quantitative estimate of drug-likeness (QED) is 0.646. The van der Waals surface area contributed by atoms with Crippen LogP contribution >= 0.6 is 0 Å². The van der Waals surface area contributed by atoms with Gasteiger partial charge in [-0.05, 0) is 39.5 Å². The first-order valence-corrected chi connectivity index (χ1v) is 11.2. The van der Waals surface area contributed by atoms with E-state index in [4.69, 9.17) is 4.12 Å². The van der Waals surface area contributed by atoms with E-state index >= 15 is 0 Å². The summed E-state index contributed by atoms with van der Waals surface area (Å²) in [6.07, 6.45) is 1.12. The number of hydrogen-bond acceptors (Lipinski definition) is 1. The molecule has 0 fully saturated rings. The van der Waals surface area contributed by atoms with Crippen LogP contribution in [0.1, 0.15) is 20.3 Å². The Hall–Kier alpha value is -0.126. The molecule has 82 valence electrons. The Morgan fingerprint density at radius 3 is 2.07 bits per heavy atom. The van der Waals surface area contributed by atoms with E-state index in [2.05, 4.69) is 52.3 Å². The summed E-state index contributed by atoms with van der Waals surface area (Å²) in [4.78, 5) is 0. The fourth-order valence-corrected chi connectivity index (χ4v) is 8.83. The molecular formula is C11H24OSi2. The van der Waals surface area contributed by atoms with Crippen LogP contribution in [0.2, 0.25) is 26.2 Å². The highest BCUT2D eigenvalue weighted by Gasteiger charge is 2.28. The third-order valence-corrected chi connectivity index (χ3v) is 8.55. The predicted molar refractivity (Wildman–Crippen MR) is 70.3 cm³/mol. The molecule has 0 aliphatic carbocycles. The van der Waals surface area contributed by atoms with Gasteiger partial charge in [0.2, 0.25) is 0 Å². The molecule has 0 aromatic carbocycles. The minimum Gasteiger partial charge on any atom is -0.449 e. The van der Waals surface area contributed by atoms with E-state index in [0.717, 1.165) is 6.42 Å². The molecule has 0 atom stereocenters. The standard InChI is InChI=1S/C11H24OSi2/c1-8-11(3)10-14(6,7)12-13(4,5)9-2/h9-10H,2,8H2,1,3-7H3. The molecule has 0 bridgehead atoms. The Kier molecular flexibility index (Phi) is 5.05. The van der Waals surface area contributed by atoms with Gasteiger partial charge >= 0.3 is 0 Å². The summed E-state index contributed by atoms with van der Waals surface area (Å²) < 4.78 is 6.23. The second kappa shape index (κ2) is 5.10. The van der Waals surface area contributed by atoms with E-state index in [0.29, 0.717) is 0 Å². The molecule has 14 heavy (non-hydrogen) atoms. The highest BCUT2D eigenvalue weighted by Crippen LogP contribution is 2.18. The van der Waals surface area contributed by atoms with Crippen LogP contribution in [0.25, 0.3) is 0 Å². The van der Waals surface area contributed by atoms with Gasteiger partial charge in [-0.3, -0.25) is 0 Å². The molecule has 0 heterocycles. The Morgan fingerprint density at radius 1 is 1.21 bits per heavy atom. The van der Waals surface area contributed by atoms with E-state index in [-0.39, 0.29) is 0 Å². The SMILES string of the molecule is C=C[Si](C)(C)O[Si](C)(C)C=C(C)CC. The van der Waals surface area contributed by atoms with Crippen LogP contribution < -0.4 is 0 Å². The summed E-state index contributed by atoms with van der Waals surface area (Å²) in [5.41, 5.74) is 5.80. The maximum Gasteiger partial charge on any atom is 0.198 e. The van der Waals surface area contributed by atoms with Crippen molar-refractivity contribution in [3.63, 3.8) is 0 Å². The minimum atomic E-state index is -1.62. The van der Waals surface area contributed by atoms with Crippen LogP contribution in [0.15, 0.2) is 23.6 Å². The third kappa shape index (κ3) is 5.57. The average molecular weight is 228 g/mol. The molecule has 0 saturated heterocycles. The van der Waals surface area contributed by atoms with E-state index in [9.17, 15) is 0 Å². The molecule has 3 heteroatoms. The number of allylic oxidation sites excluding steroid dienone is 1. The Bertz CT molecular complexity index is 229. The summed E-state index contributed by atoms with van der Waals surface area (Å²) >= 11 is 0. The van der Waals surface area contributed by atoms with Gasteiger partial charge in [0.05, 0.1) is 0 Å². The predicted octanol–water partition coefficient (Wildman–Crippen LogP) is 4.03. The molecule has 0 aliphatic rings. The van der Waals surface area contributed by atoms with Gasteiger partial charge in [-0.25, -0.2) is 0 Å². The lowest BCUT2D eigenvalue weighted by Crippen LogP contribution is -2.42. The van der Waals surface area contributed by atoms with Crippen molar-refractivity contribution >= 4 is 16.6 Å². The van der Waals surface area contributed by atoms with Crippen LogP contribution in [0.5, 0.6) is 0 Å². The lowest BCUT2D eigenvalue weighted by Gasteiger charge is -2.30. The van der Waals surface area contributed by atoms with Gasteiger partial charge in [-0.15, -0.1) is 6.58 Å². The van der Waals surface area contributed by atoms with Crippen LogP contribution in [0.4, 0.5) is 0 Å². The van der Waals surface area contributed by atoms with E-state index in [1.165, 1.54) is 5.57 Å². The molecule has 0 radical (unpaired) electrons. The molecule has 0 aliphatic heterocycles. The van der Waals surface area contributed by atoms with Crippen molar-refractivity contribution in [1.82, 2.24) is 0 Å². The van der Waals surface area contributed by atoms with Gasteiger partial charge in [0, 0.05) is 0 Å². The lowest BCUT2D eigenvalue weighted by molar-refractivity contribution is 0.570. The van der Waals surface area contributed by atoms with Crippen molar-refractivity contribution in [3.05, 3.63) is 23.6 Å². The van der Waals surface area contributed by atoms with Crippen molar-refractivity contribution in [1.29, 1.82) is 0 Å². The van der Waals surface area contributed by atoms with Crippen molar-refractivity contribution < 1.29 is 4.12 Å². The van der Waals surface area contributed by atoms with Gasteiger partial charge in [0.1, 0.15) is 0 Å². The van der Waals surface area contributed by atoms with E-state index in [1.54, 1.807) is 0 Å². The summed E-state index contributed by atoms with van der Waals surface area (Å²) in [5.74, 6) is 0. The summed E-state index contributed by atoms with van der Waals surface area (Å²) in [6, 6.07) is 0. The van der Waals surface area contributed by atoms with Gasteiger partial charge in [0.15, 0.2) is 16.6 Å².